The van der Waals surface area contributed by atoms with Crippen molar-refractivity contribution in [1.29, 1.82) is 0 Å². The average Bonchev–Trinajstić information content (AvgIpc) is 3.41. The van der Waals surface area contributed by atoms with E-state index in [2.05, 4.69) is 76.6 Å². The van der Waals surface area contributed by atoms with Crippen LogP contribution >= 0.6 is 0 Å². The van der Waals surface area contributed by atoms with Gasteiger partial charge in [-0.2, -0.15) is 0 Å². The summed E-state index contributed by atoms with van der Waals surface area (Å²) in [6.07, 6.45) is 5.01. The van der Waals surface area contributed by atoms with Gasteiger partial charge in [0, 0.05) is 48.1 Å². The SMILES string of the molecule is CN(C)C(=O)c1ccc(-c2ccc(-c3nc4n(c3-c3ccc(C5(N)CCC5)cc3)-c3cccnc3Nc3ccccc3-4)cc2)cc1. The van der Waals surface area contributed by atoms with E-state index in [1.54, 1.807) is 19.0 Å². The van der Waals surface area contributed by atoms with Gasteiger partial charge in [0.2, 0.25) is 0 Å². The summed E-state index contributed by atoms with van der Waals surface area (Å²) in [4.78, 5) is 24.1. The normalized spacial score (nSPS) is 14.2. The van der Waals surface area contributed by atoms with Gasteiger partial charge in [0.05, 0.1) is 22.8 Å². The molecule has 1 aliphatic heterocycles. The number of carbonyl (C=O) groups excluding carboxylic acids is 1. The lowest BCUT2D eigenvalue weighted by molar-refractivity contribution is 0.0827. The van der Waals surface area contributed by atoms with Gasteiger partial charge in [0.1, 0.15) is 5.82 Å². The van der Waals surface area contributed by atoms with Gasteiger partial charge < -0.3 is 16.0 Å². The molecule has 1 aliphatic carbocycles. The molecule has 46 heavy (non-hydrogen) atoms. The van der Waals surface area contributed by atoms with E-state index in [4.69, 9.17) is 15.7 Å². The molecule has 226 valence electrons. The molecule has 6 aromatic rings. The second-order valence-corrected chi connectivity index (χ2v) is 12.5. The largest absolute Gasteiger partial charge is 0.345 e. The zero-order valence-corrected chi connectivity index (χ0v) is 25.9. The zero-order chi connectivity index (χ0) is 31.4. The molecule has 3 N–H and O–H groups in total. The van der Waals surface area contributed by atoms with Crippen molar-refractivity contribution in [3.8, 4) is 50.7 Å². The van der Waals surface area contributed by atoms with Crippen molar-refractivity contribution in [3.05, 3.63) is 127 Å². The molecule has 2 aromatic heterocycles. The first-order chi connectivity index (χ1) is 22.4. The number of para-hydroxylation sites is 1. The smallest absolute Gasteiger partial charge is 0.253 e. The quantitative estimate of drug-likeness (QED) is 0.208. The Balaban J connectivity index is 1.28. The lowest BCUT2D eigenvalue weighted by Crippen LogP contribution is -2.43. The number of hydrogen-bond acceptors (Lipinski definition) is 5. The average molecular weight is 603 g/mol. The molecule has 2 aliphatic rings. The summed E-state index contributed by atoms with van der Waals surface area (Å²) in [5.41, 5.74) is 17.3. The lowest BCUT2D eigenvalue weighted by Gasteiger charge is -2.38. The topological polar surface area (TPSA) is 89.1 Å². The summed E-state index contributed by atoms with van der Waals surface area (Å²) in [6.45, 7) is 0. The Labute approximate surface area is 268 Å². The Kier molecular flexibility index (Phi) is 6.58. The highest BCUT2D eigenvalue weighted by molar-refractivity contribution is 5.94. The van der Waals surface area contributed by atoms with Gasteiger partial charge in [-0.25, -0.2) is 9.97 Å². The molecule has 0 atom stereocenters. The fourth-order valence-corrected chi connectivity index (χ4v) is 6.58. The van der Waals surface area contributed by atoms with E-state index in [-0.39, 0.29) is 11.4 Å². The van der Waals surface area contributed by atoms with Gasteiger partial charge in [0.25, 0.3) is 5.91 Å². The van der Waals surface area contributed by atoms with Crippen molar-refractivity contribution in [2.24, 2.45) is 5.73 Å². The molecule has 1 saturated carbocycles. The second kappa shape index (κ2) is 10.8. The number of fused-ring (bicyclic) bond motifs is 5. The molecule has 0 bridgehead atoms. The highest BCUT2D eigenvalue weighted by atomic mass is 16.2. The van der Waals surface area contributed by atoms with E-state index >= 15 is 0 Å². The van der Waals surface area contributed by atoms with Crippen LogP contribution in [-0.4, -0.2) is 39.4 Å². The number of benzene rings is 4. The number of anilines is 2. The van der Waals surface area contributed by atoms with Crippen LogP contribution in [0.3, 0.4) is 0 Å². The third-order valence-corrected chi connectivity index (χ3v) is 9.33. The number of nitrogens with two attached hydrogens (primary N) is 1. The van der Waals surface area contributed by atoms with Crippen molar-refractivity contribution in [1.82, 2.24) is 19.4 Å². The van der Waals surface area contributed by atoms with Gasteiger partial charge in [-0.05, 0) is 72.4 Å². The third kappa shape index (κ3) is 4.59. The fraction of sp³-hybridized carbons (Fsp3) is 0.154. The Morgan fingerprint density at radius 2 is 1.46 bits per heavy atom. The standard InChI is InChI=1S/C39H34N6O/c1-44(2)38(46)29-16-12-26(13-17-29)25-10-14-27(15-11-25)34-35(28-18-20-30(21-19-28)39(40)22-6-23-39)45-33-9-5-24-41-36(33)42-32-8-4-3-7-31(32)37(45)43-34/h3-5,7-21,24H,6,22-23,40H2,1-2H3,(H,41,42). The summed E-state index contributed by atoms with van der Waals surface area (Å²) in [7, 11) is 3.53. The maximum atomic E-state index is 12.4. The highest BCUT2D eigenvalue weighted by Gasteiger charge is 2.34. The summed E-state index contributed by atoms with van der Waals surface area (Å²) >= 11 is 0. The first-order valence-corrected chi connectivity index (χ1v) is 15.7. The highest BCUT2D eigenvalue weighted by Crippen LogP contribution is 2.45. The van der Waals surface area contributed by atoms with Crippen LogP contribution in [0.1, 0.15) is 35.2 Å². The van der Waals surface area contributed by atoms with Crippen LogP contribution in [0.4, 0.5) is 11.5 Å². The molecule has 3 heterocycles. The van der Waals surface area contributed by atoms with E-state index in [0.717, 1.165) is 75.1 Å². The maximum absolute atomic E-state index is 12.4. The molecule has 0 unspecified atom stereocenters. The molecule has 0 spiro atoms. The van der Waals surface area contributed by atoms with Crippen molar-refractivity contribution in [2.75, 3.05) is 19.4 Å². The van der Waals surface area contributed by atoms with E-state index < -0.39 is 0 Å². The summed E-state index contributed by atoms with van der Waals surface area (Å²) < 4.78 is 2.24. The van der Waals surface area contributed by atoms with Crippen LogP contribution in [0.5, 0.6) is 0 Å². The maximum Gasteiger partial charge on any atom is 0.253 e. The molecular weight excluding hydrogens is 568 g/mol. The number of carbonyl (C=O) groups is 1. The second-order valence-electron chi connectivity index (χ2n) is 12.5. The first kappa shape index (κ1) is 28.0. The Bertz CT molecular complexity index is 2090. The molecular formula is C39H34N6O. The predicted octanol–water partition coefficient (Wildman–Crippen LogP) is 8.03. The number of hydrogen-bond donors (Lipinski definition) is 2. The minimum absolute atomic E-state index is 0.00938. The number of nitrogens with one attached hydrogen (secondary N) is 1. The summed E-state index contributed by atoms with van der Waals surface area (Å²) in [5.74, 6) is 1.62. The van der Waals surface area contributed by atoms with Gasteiger partial charge in [-0.3, -0.25) is 9.36 Å². The van der Waals surface area contributed by atoms with Gasteiger partial charge in [-0.1, -0.05) is 72.8 Å². The fourth-order valence-electron chi connectivity index (χ4n) is 6.58. The van der Waals surface area contributed by atoms with Crippen molar-refractivity contribution in [2.45, 2.75) is 24.8 Å². The van der Waals surface area contributed by atoms with Crippen LogP contribution in [0.2, 0.25) is 0 Å². The molecule has 1 fully saturated rings. The first-order valence-electron chi connectivity index (χ1n) is 15.7. The molecule has 1 amide bonds. The monoisotopic (exact) mass is 602 g/mol. The van der Waals surface area contributed by atoms with Gasteiger partial charge in [0.15, 0.2) is 5.82 Å². The Morgan fingerprint density at radius 3 is 2.13 bits per heavy atom. The Hall–Kier alpha value is -5.53. The molecule has 0 radical (unpaired) electrons. The van der Waals surface area contributed by atoms with Crippen molar-refractivity contribution < 1.29 is 4.79 Å². The number of aromatic nitrogens is 3. The summed E-state index contributed by atoms with van der Waals surface area (Å²) in [5, 5.41) is 3.55. The van der Waals surface area contributed by atoms with Crippen molar-refractivity contribution in [3.63, 3.8) is 0 Å². The van der Waals surface area contributed by atoms with E-state index in [9.17, 15) is 4.79 Å². The van der Waals surface area contributed by atoms with Crippen LogP contribution in [0.15, 0.2) is 115 Å². The van der Waals surface area contributed by atoms with E-state index in [1.807, 2.05) is 48.7 Å². The van der Waals surface area contributed by atoms with Crippen LogP contribution in [-0.2, 0) is 5.54 Å². The van der Waals surface area contributed by atoms with E-state index in [0.29, 0.717) is 5.56 Å². The van der Waals surface area contributed by atoms with Gasteiger partial charge >= 0.3 is 0 Å². The number of pyridine rings is 1. The van der Waals surface area contributed by atoms with Gasteiger partial charge in [-0.15, -0.1) is 0 Å². The zero-order valence-electron chi connectivity index (χ0n) is 25.9. The molecule has 7 nitrogen and oxygen atoms in total. The third-order valence-electron chi connectivity index (χ3n) is 9.33. The van der Waals surface area contributed by atoms with E-state index in [1.165, 1.54) is 12.0 Å². The lowest BCUT2D eigenvalue weighted by atomic mass is 9.72. The number of nitrogens with zero attached hydrogens (tertiary/aromatic N) is 4. The number of amides is 1. The van der Waals surface area contributed by atoms with Crippen LogP contribution in [0, 0.1) is 0 Å². The molecule has 8 rings (SSSR count). The van der Waals surface area contributed by atoms with Crippen molar-refractivity contribution >= 4 is 17.4 Å². The minimum atomic E-state index is -0.233. The number of imidazole rings is 1. The summed E-state index contributed by atoms with van der Waals surface area (Å²) in [6, 6.07) is 37.3. The molecule has 0 saturated heterocycles. The van der Waals surface area contributed by atoms with Crippen LogP contribution in [0.25, 0.3) is 50.7 Å². The predicted molar refractivity (Wildman–Crippen MR) is 184 cm³/mol. The molecule has 7 heteroatoms. The van der Waals surface area contributed by atoms with Crippen LogP contribution < -0.4 is 11.1 Å². The minimum Gasteiger partial charge on any atom is -0.345 e. The molecule has 4 aromatic carbocycles. The Morgan fingerprint density at radius 1 is 0.804 bits per heavy atom. The number of rotatable bonds is 5.